The van der Waals surface area contributed by atoms with E-state index >= 15 is 0 Å². The molecule has 2 rings (SSSR count). The Morgan fingerprint density at radius 1 is 1.67 bits per heavy atom. The van der Waals surface area contributed by atoms with Gasteiger partial charge in [0, 0.05) is 19.1 Å². The lowest BCUT2D eigenvalue weighted by atomic mass is 10.1. The van der Waals surface area contributed by atoms with Crippen molar-refractivity contribution in [2.75, 3.05) is 13.2 Å². The van der Waals surface area contributed by atoms with Gasteiger partial charge < -0.3 is 10.1 Å². The van der Waals surface area contributed by atoms with Crippen molar-refractivity contribution < 1.29 is 9.53 Å². The van der Waals surface area contributed by atoms with E-state index in [1.807, 2.05) is 0 Å². The topological polar surface area (TPSA) is 38.3 Å². The van der Waals surface area contributed by atoms with E-state index in [4.69, 9.17) is 4.74 Å². The van der Waals surface area contributed by atoms with Gasteiger partial charge in [-0.25, -0.2) is 0 Å². The molecule has 1 amide bonds. The molecule has 0 spiro atoms. The van der Waals surface area contributed by atoms with Gasteiger partial charge >= 0.3 is 0 Å². The Morgan fingerprint density at radius 3 is 3.33 bits per heavy atom. The van der Waals surface area contributed by atoms with E-state index < -0.39 is 0 Å². The Balaban J connectivity index is 2.15. The molecule has 0 saturated carbocycles. The van der Waals surface area contributed by atoms with E-state index in [0.717, 1.165) is 19.6 Å². The smallest absolute Gasteiger partial charge is 0.249 e. The molecule has 0 aromatic carbocycles. The summed E-state index contributed by atoms with van der Waals surface area (Å²) in [5, 5.41) is 2.76. The van der Waals surface area contributed by atoms with Gasteiger partial charge in [-0.15, -0.1) is 0 Å². The standard InChI is InChI=1S/C6H9NO2/c8-6-5-4(3-7-6)1-2-9-5/h4-5H,1-3H2,(H,7,8)/t4-,5+/m1/s1. The highest BCUT2D eigenvalue weighted by atomic mass is 16.5. The van der Waals surface area contributed by atoms with Crippen LogP contribution in [-0.2, 0) is 9.53 Å². The van der Waals surface area contributed by atoms with E-state index in [1.54, 1.807) is 0 Å². The van der Waals surface area contributed by atoms with Crippen LogP contribution in [0.2, 0.25) is 0 Å². The van der Waals surface area contributed by atoms with Crippen molar-refractivity contribution in [1.82, 2.24) is 5.32 Å². The highest BCUT2D eigenvalue weighted by Gasteiger charge is 2.39. The van der Waals surface area contributed by atoms with Crippen molar-refractivity contribution in [3.63, 3.8) is 0 Å². The van der Waals surface area contributed by atoms with Gasteiger partial charge in [-0.1, -0.05) is 0 Å². The molecule has 0 aliphatic carbocycles. The first-order valence-electron chi connectivity index (χ1n) is 3.27. The number of hydrogen-bond donors (Lipinski definition) is 1. The predicted octanol–water partition coefficient (Wildman–Crippen LogP) is -0.479. The third-order valence-corrected chi connectivity index (χ3v) is 2.01. The number of rotatable bonds is 0. The lowest BCUT2D eigenvalue weighted by Crippen LogP contribution is -2.24. The average molecular weight is 127 g/mol. The first-order chi connectivity index (χ1) is 4.38. The van der Waals surface area contributed by atoms with E-state index in [0.29, 0.717) is 5.92 Å². The van der Waals surface area contributed by atoms with Gasteiger partial charge in [0.15, 0.2) is 0 Å². The van der Waals surface area contributed by atoms with Crippen molar-refractivity contribution in [2.24, 2.45) is 5.92 Å². The summed E-state index contributed by atoms with van der Waals surface area (Å²) in [6, 6.07) is 0. The lowest BCUT2D eigenvalue weighted by molar-refractivity contribution is -0.127. The fourth-order valence-electron chi connectivity index (χ4n) is 1.46. The summed E-state index contributed by atoms with van der Waals surface area (Å²) in [6.07, 6.45) is 0.939. The van der Waals surface area contributed by atoms with Crippen LogP contribution in [0.25, 0.3) is 0 Å². The molecule has 0 bridgehead atoms. The summed E-state index contributed by atoms with van der Waals surface area (Å²) in [6.45, 7) is 1.59. The van der Waals surface area contributed by atoms with Crippen molar-refractivity contribution in [1.29, 1.82) is 0 Å². The van der Waals surface area contributed by atoms with Crippen LogP contribution in [0.4, 0.5) is 0 Å². The second-order valence-corrected chi connectivity index (χ2v) is 2.59. The monoisotopic (exact) mass is 127 g/mol. The zero-order valence-electron chi connectivity index (χ0n) is 5.09. The summed E-state index contributed by atoms with van der Waals surface area (Å²) >= 11 is 0. The first kappa shape index (κ1) is 5.23. The van der Waals surface area contributed by atoms with Gasteiger partial charge in [0.25, 0.3) is 0 Å². The second-order valence-electron chi connectivity index (χ2n) is 2.59. The molecule has 0 aromatic rings. The van der Waals surface area contributed by atoms with Crippen LogP contribution in [0.3, 0.4) is 0 Å². The van der Waals surface area contributed by atoms with Gasteiger partial charge in [0.05, 0.1) is 0 Å². The Kier molecular flexibility index (Phi) is 0.990. The molecule has 2 aliphatic rings. The highest BCUT2D eigenvalue weighted by Crippen LogP contribution is 2.23. The maximum atomic E-state index is 10.8. The summed E-state index contributed by atoms with van der Waals surface area (Å²) in [5.41, 5.74) is 0. The molecule has 2 saturated heterocycles. The van der Waals surface area contributed by atoms with E-state index in [-0.39, 0.29) is 12.0 Å². The normalized spacial score (nSPS) is 40.7. The van der Waals surface area contributed by atoms with Crippen LogP contribution >= 0.6 is 0 Å². The van der Waals surface area contributed by atoms with Crippen molar-refractivity contribution >= 4 is 5.91 Å². The first-order valence-corrected chi connectivity index (χ1v) is 3.27. The lowest BCUT2D eigenvalue weighted by Gasteiger charge is -2.00. The van der Waals surface area contributed by atoms with Crippen LogP contribution in [0.15, 0.2) is 0 Å². The Hall–Kier alpha value is -0.570. The Labute approximate surface area is 53.4 Å². The van der Waals surface area contributed by atoms with E-state index in [2.05, 4.69) is 5.32 Å². The Bertz CT molecular complexity index is 146. The summed E-state index contributed by atoms with van der Waals surface area (Å²) < 4.78 is 5.18. The minimum atomic E-state index is -0.106. The largest absolute Gasteiger partial charge is 0.368 e. The molecule has 0 aromatic heterocycles. The number of hydrogen-bond acceptors (Lipinski definition) is 2. The molecule has 3 nitrogen and oxygen atoms in total. The fourth-order valence-corrected chi connectivity index (χ4v) is 1.46. The van der Waals surface area contributed by atoms with Crippen LogP contribution in [0.1, 0.15) is 6.42 Å². The van der Waals surface area contributed by atoms with Crippen LogP contribution in [-0.4, -0.2) is 25.2 Å². The zero-order chi connectivity index (χ0) is 6.27. The highest BCUT2D eigenvalue weighted by molar-refractivity contribution is 5.83. The molecular weight excluding hydrogens is 118 g/mol. The molecule has 3 heteroatoms. The Morgan fingerprint density at radius 2 is 2.56 bits per heavy atom. The molecule has 50 valence electrons. The maximum absolute atomic E-state index is 10.8. The van der Waals surface area contributed by atoms with Crippen LogP contribution in [0.5, 0.6) is 0 Å². The van der Waals surface area contributed by atoms with Gasteiger partial charge in [0.2, 0.25) is 5.91 Å². The number of carbonyl (C=O) groups is 1. The van der Waals surface area contributed by atoms with E-state index in [9.17, 15) is 4.79 Å². The minimum Gasteiger partial charge on any atom is -0.368 e. The van der Waals surface area contributed by atoms with Crippen molar-refractivity contribution in [3.8, 4) is 0 Å². The molecule has 0 unspecified atom stereocenters. The molecule has 2 fully saturated rings. The molecule has 2 aliphatic heterocycles. The molecular formula is C6H9NO2. The SMILES string of the molecule is O=C1NC[C@H]2CCO[C@H]12. The van der Waals surface area contributed by atoms with Gasteiger partial charge in [-0.3, -0.25) is 4.79 Å². The quantitative estimate of drug-likeness (QED) is 0.477. The van der Waals surface area contributed by atoms with Crippen molar-refractivity contribution in [2.45, 2.75) is 12.5 Å². The molecule has 9 heavy (non-hydrogen) atoms. The minimum absolute atomic E-state index is 0.0810. The summed E-state index contributed by atoms with van der Waals surface area (Å²) in [7, 11) is 0. The number of amides is 1. The number of ether oxygens (including phenoxy) is 1. The third kappa shape index (κ3) is 0.645. The van der Waals surface area contributed by atoms with Crippen LogP contribution in [0, 0.1) is 5.92 Å². The number of fused-ring (bicyclic) bond motifs is 1. The predicted molar refractivity (Wildman–Crippen MR) is 30.9 cm³/mol. The van der Waals surface area contributed by atoms with E-state index in [1.165, 1.54) is 0 Å². The fraction of sp³-hybridized carbons (Fsp3) is 0.833. The molecule has 2 heterocycles. The molecule has 1 N–H and O–H groups in total. The van der Waals surface area contributed by atoms with Crippen molar-refractivity contribution in [3.05, 3.63) is 0 Å². The average Bonchev–Trinajstić information content (AvgIpc) is 2.35. The van der Waals surface area contributed by atoms with Gasteiger partial charge in [-0.2, -0.15) is 0 Å². The molecule has 0 radical (unpaired) electrons. The number of nitrogens with one attached hydrogen (secondary N) is 1. The summed E-state index contributed by atoms with van der Waals surface area (Å²) in [4.78, 5) is 10.8. The third-order valence-electron chi connectivity index (χ3n) is 2.01. The zero-order valence-corrected chi connectivity index (χ0v) is 5.09. The maximum Gasteiger partial charge on any atom is 0.249 e. The van der Waals surface area contributed by atoms with Gasteiger partial charge in [-0.05, 0) is 6.42 Å². The second kappa shape index (κ2) is 1.70. The summed E-state index contributed by atoms with van der Waals surface area (Å²) in [5.74, 6) is 0.551. The van der Waals surface area contributed by atoms with Gasteiger partial charge in [0.1, 0.15) is 6.10 Å². The molecule has 2 atom stereocenters. The van der Waals surface area contributed by atoms with Crippen LogP contribution < -0.4 is 5.32 Å². The number of carbonyl (C=O) groups excluding carboxylic acids is 1.